The van der Waals surface area contributed by atoms with Gasteiger partial charge in [-0.25, -0.2) is 13.2 Å². The van der Waals surface area contributed by atoms with Gasteiger partial charge in [0.1, 0.15) is 5.82 Å². The van der Waals surface area contributed by atoms with Gasteiger partial charge >= 0.3 is 0 Å². The maximum absolute atomic E-state index is 13.3. The van der Waals surface area contributed by atoms with Crippen molar-refractivity contribution in [2.45, 2.75) is 13.0 Å². The Morgan fingerprint density at radius 2 is 1.84 bits per heavy atom. The van der Waals surface area contributed by atoms with Gasteiger partial charge in [-0.05, 0) is 30.7 Å². The minimum atomic E-state index is -1.17. The topological polar surface area (TPSA) is 24.9 Å². The summed E-state index contributed by atoms with van der Waals surface area (Å²) in [6, 6.07) is 5.21. The zero-order valence-corrected chi connectivity index (χ0v) is 10.2. The van der Waals surface area contributed by atoms with E-state index in [1.165, 1.54) is 0 Å². The molecule has 1 N–H and O–H groups in total. The molecule has 0 atom stereocenters. The highest BCUT2D eigenvalue weighted by molar-refractivity contribution is 5.20. The zero-order chi connectivity index (χ0) is 13.7. The molecule has 0 bridgehead atoms. The third-order valence-corrected chi connectivity index (χ3v) is 2.72. The van der Waals surface area contributed by atoms with Gasteiger partial charge in [-0.1, -0.05) is 6.07 Å². The van der Waals surface area contributed by atoms with Gasteiger partial charge in [-0.3, -0.25) is 4.98 Å². The molecule has 19 heavy (non-hydrogen) atoms. The molecule has 0 unspecified atom stereocenters. The Morgan fingerprint density at radius 3 is 2.58 bits per heavy atom. The second-order valence-electron chi connectivity index (χ2n) is 4.15. The first-order valence-corrected chi connectivity index (χ1v) is 5.90. The Bertz CT molecular complexity index is 544. The first-order valence-electron chi connectivity index (χ1n) is 5.90. The van der Waals surface area contributed by atoms with E-state index in [2.05, 4.69) is 10.3 Å². The predicted octanol–water partition coefficient (Wildman–Crippen LogP) is 2.83. The van der Waals surface area contributed by atoms with Gasteiger partial charge in [0.25, 0.3) is 0 Å². The Balaban J connectivity index is 1.85. The second-order valence-corrected chi connectivity index (χ2v) is 4.15. The molecule has 0 spiro atoms. The van der Waals surface area contributed by atoms with E-state index in [-0.39, 0.29) is 12.1 Å². The lowest BCUT2D eigenvalue weighted by molar-refractivity contribution is 0.487. The summed E-state index contributed by atoms with van der Waals surface area (Å²) in [5.74, 6) is -2.95. The summed E-state index contributed by atoms with van der Waals surface area (Å²) < 4.78 is 39.0. The molecule has 0 saturated carbocycles. The lowest BCUT2D eigenvalue weighted by Crippen LogP contribution is -2.17. The van der Waals surface area contributed by atoms with Gasteiger partial charge in [0.05, 0.1) is 0 Å². The first kappa shape index (κ1) is 13.5. The van der Waals surface area contributed by atoms with Crippen LogP contribution in [0.2, 0.25) is 0 Å². The van der Waals surface area contributed by atoms with E-state index in [1.54, 1.807) is 12.4 Å². The van der Waals surface area contributed by atoms with Crippen LogP contribution < -0.4 is 5.32 Å². The SMILES string of the molecule is Fc1cc(F)c(CNCCc2cccnc2)cc1F. The number of hydrogen-bond acceptors (Lipinski definition) is 2. The fourth-order valence-corrected chi connectivity index (χ4v) is 1.70. The van der Waals surface area contributed by atoms with Crippen molar-refractivity contribution in [3.8, 4) is 0 Å². The monoisotopic (exact) mass is 266 g/mol. The van der Waals surface area contributed by atoms with Gasteiger partial charge < -0.3 is 5.32 Å². The molecule has 0 aliphatic heterocycles. The number of halogens is 3. The van der Waals surface area contributed by atoms with Gasteiger partial charge in [0, 0.05) is 30.6 Å². The quantitative estimate of drug-likeness (QED) is 0.665. The van der Waals surface area contributed by atoms with E-state index in [0.29, 0.717) is 12.6 Å². The highest BCUT2D eigenvalue weighted by atomic mass is 19.2. The largest absolute Gasteiger partial charge is 0.312 e. The average molecular weight is 266 g/mol. The molecule has 1 heterocycles. The molecule has 0 aliphatic rings. The van der Waals surface area contributed by atoms with Crippen LogP contribution in [-0.2, 0) is 13.0 Å². The van der Waals surface area contributed by atoms with E-state index in [1.807, 2.05) is 12.1 Å². The van der Waals surface area contributed by atoms with Crippen molar-refractivity contribution >= 4 is 0 Å². The Hall–Kier alpha value is -1.88. The van der Waals surface area contributed by atoms with E-state index >= 15 is 0 Å². The summed E-state index contributed by atoms with van der Waals surface area (Å²) in [7, 11) is 0. The van der Waals surface area contributed by atoms with E-state index in [9.17, 15) is 13.2 Å². The highest BCUT2D eigenvalue weighted by Crippen LogP contribution is 2.13. The number of hydrogen-bond donors (Lipinski definition) is 1. The number of rotatable bonds is 5. The van der Waals surface area contributed by atoms with Crippen molar-refractivity contribution in [3.05, 3.63) is 65.2 Å². The summed E-state index contributed by atoms with van der Waals surface area (Å²) in [6.45, 7) is 0.757. The molecule has 0 aliphatic carbocycles. The van der Waals surface area contributed by atoms with Crippen LogP contribution in [0.5, 0.6) is 0 Å². The number of nitrogens with zero attached hydrogens (tertiary/aromatic N) is 1. The molecule has 100 valence electrons. The fourth-order valence-electron chi connectivity index (χ4n) is 1.70. The average Bonchev–Trinajstić information content (AvgIpc) is 2.41. The fraction of sp³-hybridized carbons (Fsp3) is 0.214. The van der Waals surface area contributed by atoms with Crippen LogP contribution in [0.3, 0.4) is 0 Å². The van der Waals surface area contributed by atoms with Crippen molar-refractivity contribution in [3.63, 3.8) is 0 Å². The van der Waals surface area contributed by atoms with Gasteiger partial charge in [0.15, 0.2) is 11.6 Å². The number of nitrogens with one attached hydrogen (secondary N) is 1. The summed E-state index contributed by atoms with van der Waals surface area (Å²) in [4.78, 5) is 3.98. The predicted molar refractivity (Wildman–Crippen MR) is 66.0 cm³/mol. The first-order chi connectivity index (χ1) is 9.16. The van der Waals surface area contributed by atoms with Crippen LogP contribution in [0.25, 0.3) is 0 Å². The summed E-state index contributed by atoms with van der Waals surface area (Å²) in [5, 5.41) is 2.98. The number of aromatic nitrogens is 1. The number of benzene rings is 1. The van der Waals surface area contributed by atoms with E-state index in [0.717, 1.165) is 18.1 Å². The van der Waals surface area contributed by atoms with Crippen LogP contribution >= 0.6 is 0 Å². The number of pyridine rings is 1. The van der Waals surface area contributed by atoms with Crippen molar-refractivity contribution in [1.82, 2.24) is 10.3 Å². The van der Waals surface area contributed by atoms with Gasteiger partial charge in [-0.2, -0.15) is 0 Å². The molecule has 2 nitrogen and oxygen atoms in total. The maximum Gasteiger partial charge on any atom is 0.161 e. The summed E-state index contributed by atoms with van der Waals surface area (Å²) in [5.41, 5.74) is 1.17. The molecule has 0 fully saturated rings. The molecule has 0 amide bonds. The minimum absolute atomic E-state index is 0.116. The molecule has 1 aromatic carbocycles. The molecular weight excluding hydrogens is 253 g/mol. The maximum atomic E-state index is 13.3. The molecule has 1 aromatic heterocycles. The standard InChI is InChI=1S/C14H13F3N2/c15-12-7-14(17)13(16)6-11(12)9-19-5-3-10-2-1-4-18-8-10/h1-2,4,6-8,19H,3,5,9H2. The Labute approximate surface area is 109 Å². The van der Waals surface area contributed by atoms with Crippen LogP contribution in [0.15, 0.2) is 36.7 Å². The van der Waals surface area contributed by atoms with Crippen molar-refractivity contribution in [1.29, 1.82) is 0 Å². The van der Waals surface area contributed by atoms with Crippen molar-refractivity contribution in [2.24, 2.45) is 0 Å². The third kappa shape index (κ3) is 3.79. The molecular formula is C14H13F3N2. The second kappa shape index (κ2) is 6.33. The van der Waals surface area contributed by atoms with Gasteiger partial charge in [-0.15, -0.1) is 0 Å². The molecule has 5 heteroatoms. The van der Waals surface area contributed by atoms with Crippen molar-refractivity contribution in [2.75, 3.05) is 6.54 Å². The smallest absolute Gasteiger partial charge is 0.161 e. The Morgan fingerprint density at radius 1 is 1.05 bits per heavy atom. The third-order valence-electron chi connectivity index (χ3n) is 2.72. The van der Waals surface area contributed by atoms with Crippen LogP contribution in [0.4, 0.5) is 13.2 Å². The lowest BCUT2D eigenvalue weighted by atomic mass is 10.2. The lowest BCUT2D eigenvalue weighted by Gasteiger charge is -2.06. The molecule has 0 saturated heterocycles. The van der Waals surface area contributed by atoms with Crippen molar-refractivity contribution < 1.29 is 13.2 Å². The molecule has 2 rings (SSSR count). The van der Waals surface area contributed by atoms with Gasteiger partial charge in [0.2, 0.25) is 0 Å². The molecule has 2 aromatic rings. The zero-order valence-electron chi connectivity index (χ0n) is 10.2. The van der Waals surface area contributed by atoms with E-state index in [4.69, 9.17) is 0 Å². The van der Waals surface area contributed by atoms with E-state index < -0.39 is 17.5 Å². The highest BCUT2D eigenvalue weighted by Gasteiger charge is 2.09. The summed E-state index contributed by atoms with van der Waals surface area (Å²) >= 11 is 0. The van der Waals surface area contributed by atoms with Crippen LogP contribution in [0, 0.1) is 17.5 Å². The van der Waals surface area contributed by atoms with Crippen LogP contribution in [-0.4, -0.2) is 11.5 Å². The minimum Gasteiger partial charge on any atom is -0.312 e. The normalized spacial score (nSPS) is 10.7. The van der Waals surface area contributed by atoms with Crippen LogP contribution in [0.1, 0.15) is 11.1 Å². The molecule has 0 radical (unpaired) electrons. The Kier molecular flexibility index (Phi) is 4.52. The summed E-state index contributed by atoms with van der Waals surface area (Å²) in [6.07, 6.45) is 4.17.